The van der Waals surface area contributed by atoms with Crippen molar-refractivity contribution < 1.29 is 58.2 Å². The van der Waals surface area contributed by atoms with E-state index in [1.807, 2.05) is 65.8 Å². The number of benzene rings is 1. The molecule has 446 valence electrons. The molecule has 0 aliphatic carbocycles. The number of hydrogen-bond acceptors (Lipinski definition) is 14. The number of thiol groups is 1. The molecule has 1 saturated heterocycles. The van der Waals surface area contributed by atoms with Crippen molar-refractivity contribution in [1.82, 2.24) is 52.4 Å². The zero-order valence-electron chi connectivity index (χ0n) is 47.3. The van der Waals surface area contributed by atoms with Gasteiger partial charge in [-0.15, -0.1) is 0 Å². The highest BCUT2D eigenvalue weighted by Gasteiger charge is 2.41. The van der Waals surface area contributed by atoms with Gasteiger partial charge in [0.1, 0.15) is 54.4 Å². The number of guanidine groups is 1. The second-order valence-electron chi connectivity index (χ2n) is 21.7. The van der Waals surface area contributed by atoms with Gasteiger partial charge in [0.25, 0.3) is 0 Å². The van der Waals surface area contributed by atoms with Crippen molar-refractivity contribution in [2.75, 3.05) is 18.8 Å². The number of para-hydroxylation sites is 1. The summed E-state index contributed by atoms with van der Waals surface area (Å²) in [7, 11) is 0. The number of rotatable bonds is 32. The number of fused-ring (bicyclic) bond motifs is 1. The van der Waals surface area contributed by atoms with Crippen molar-refractivity contribution in [2.24, 2.45) is 39.9 Å². The third-order valence-electron chi connectivity index (χ3n) is 13.2. The maximum absolute atomic E-state index is 14.4. The van der Waals surface area contributed by atoms with Crippen LogP contribution in [0.3, 0.4) is 0 Å². The largest absolute Gasteiger partial charge is 0.480 e. The quantitative estimate of drug-likeness (QED) is 0.0172. The minimum Gasteiger partial charge on any atom is -0.480 e. The summed E-state index contributed by atoms with van der Waals surface area (Å²) in [5.41, 5.74) is 18.5. The number of nitrogens with zero attached hydrogens (tertiary/aromatic N) is 2. The molecule has 0 spiro atoms. The third kappa shape index (κ3) is 21.2. The summed E-state index contributed by atoms with van der Waals surface area (Å²) in [6, 6.07) is -4.83. The van der Waals surface area contributed by atoms with E-state index in [2.05, 4.69) is 65.1 Å². The monoisotopic (exact) mass is 1140 g/mol. The van der Waals surface area contributed by atoms with Crippen molar-refractivity contribution in [3.63, 3.8) is 0 Å². The molecule has 1 aromatic heterocycles. The molecule has 11 atom stereocenters. The molecule has 0 radical (unpaired) electrons. The highest BCUT2D eigenvalue weighted by Crippen LogP contribution is 2.22. The normalized spacial score (nSPS) is 17.1. The fourth-order valence-corrected chi connectivity index (χ4v) is 9.26. The molecule has 1 aromatic carbocycles. The second kappa shape index (κ2) is 32.3. The smallest absolute Gasteiger partial charge is 0.326 e. The summed E-state index contributed by atoms with van der Waals surface area (Å²) in [5, 5.41) is 41.9. The molecule has 9 amide bonds. The van der Waals surface area contributed by atoms with E-state index in [9.17, 15) is 58.2 Å². The zero-order chi connectivity index (χ0) is 60.1. The van der Waals surface area contributed by atoms with Gasteiger partial charge in [-0.1, -0.05) is 59.7 Å². The average molecular weight is 1140 g/mol. The lowest BCUT2D eigenvalue weighted by molar-refractivity contribution is -0.143. The van der Waals surface area contributed by atoms with Gasteiger partial charge in [0, 0.05) is 35.9 Å². The number of carbonyl (C=O) groups excluding carboxylic acids is 9. The fraction of sp³-hybridized carbons (Fsp3) is 0.642. The number of aromatic amines is 1. The van der Waals surface area contributed by atoms with Crippen LogP contribution in [-0.4, -0.2) is 171 Å². The van der Waals surface area contributed by atoms with Crippen molar-refractivity contribution in [3.05, 3.63) is 36.0 Å². The number of amides is 9. The van der Waals surface area contributed by atoms with Gasteiger partial charge in [-0.3, -0.25) is 48.1 Å². The first-order chi connectivity index (χ1) is 37.5. The Kier molecular flexibility index (Phi) is 27.2. The van der Waals surface area contributed by atoms with Gasteiger partial charge in [-0.05, 0) is 102 Å². The van der Waals surface area contributed by atoms with E-state index in [0.29, 0.717) is 6.42 Å². The first-order valence-corrected chi connectivity index (χ1v) is 27.8. The lowest BCUT2D eigenvalue weighted by Gasteiger charge is -2.32. The van der Waals surface area contributed by atoms with E-state index in [1.54, 1.807) is 6.20 Å². The van der Waals surface area contributed by atoms with Gasteiger partial charge in [-0.2, -0.15) is 12.6 Å². The Morgan fingerprint density at radius 2 is 1.19 bits per heavy atom. The number of aliphatic hydroxyl groups excluding tert-OH is 1. The number of H-pyrrole nitrogens is 1. The average Bonchev–Trinajstić information content (AvgIpc) is 4.04. The van der Waals surface area contributed by atoms with Crippen LogP contribution in [0, 0.1) is 17.8 Å². The summed E-state index contributed by atoms with van der Waals surface area (Å²) in [6.45, 7) is 15.2. The van der Waals surface area contributed by atoms with Crippen LogP contribution in [-0.2, 0) is 54.4 Å². The van der Waals surface area contributed by atoms with Crippen LogP contribution in [0.15, 0.2) is 35.5 Å². The van der Waals surface area contributed by atoms with E-state index >= 15 is 0 Å². The number of likely N-dealkylation sites (tertiary alicyclic amines) is 1. The summed E-state index contributed by atoms with van der Waals surface area (Å²) < 4.78 is 0. The molecular formula is C53H86N14O12S. The van der Waals surface area contributed by atoms with Gasteiger partial charge >= 0.3 is 5.97 Å². The molecule has 2 heterocycles. The van der Waals surface area contributed by atoms with Gasteiger partial charge < -0.3 is 79.8 Å². The number of carboxylic acid groups (broad SMARTS) is 1. The number of nitrogens with two attached hydrogens (primary N) is 3. The molecule has 1 aliphatic rings. The summed E-state index contributed by atoms with van der Waals surface area (Å²) >= 11 is 4.23. The van der Waals surface area contributed by atoms with Gasteiger partial charge in [0.05, 0.1) is 12.1 Å². The van der Waals surface area contributed by atoms with E-state index in [-0.39, 0.29) is 87.5 Å². The number of carboxylic acids is 1. The Balaban J connectivity index is 1.69. The van der Waals surface area contributed by atoms with Crippen molar-refractivity contribution in [2.45, 2.75) is 180 Å². The van der Waals surface area contributed by atoms with Gasteiger partial charge in [-0.25, -0.2) is 4.79 Å². The Labute approximate surface area is 472 Å². The number of nitrogens with one attached hydrogen (secondary N) is 9. The molecule has 0 bridgehead atoms. The molecule has 17 N–H and O–H groups in total. The number of carbonyl (C=O) groups is 10. The third-order valence-corrected chi connectivity index (χ3v) is 13.6. The Morgan fingerprint density at radius 3 is 1.75 bits per heavy atom. The fourth-order valence-electron chi connectivity index (χ4n) is 9.01. The Bertz CT molecular complexity index is 2500. The summed E-state index contributed by atoms with van der Waals surface area (Å²) in [4.78, 5) is 143. The van der Waals surface area contributed by atoms with Crippen LogP contribution in [0.5, 0.6) is 0 Å². The van der Waals surface area contributed by atoms with E-state index < -0.39 is 126 Å². The second-order valence-corrected chi connectivity index (χ2v) is 22.1. The predicted octanol–water partition coefficient (Wildman–Crippen LogP) is -1.47. The molecule has 27 heteroatoms. The van der Waals surface area contributed by atoms with Crippen LogP contribution in [0.1, 0.15) is 113 Å². The Morgan fingerprint density at radius 1 is 0.675 bits per heavy atom. The minimum atomic E-state index is -1.57. The molecule has 3 rings (SSSR count). The van der Waals surface area contributed by atoms with E-state index in [4.69, 9.17) is 17.2 Å². The highest BCUT2D eigenvalue weighted by atomic mass is 32.1. The van der Waals surface area contributed by atoms with Crippen LogP contribution < -0.4 is 59.7 Å². The minimum absolute atomic E-state index is 0.00755. The lowest BCUT2D eigenvalue weighted by Crippen LogP contribution is -2.61. The van der Waals surface area contributed by atoms with Crippen LogP contribution in [0.25, 0.3) is 10.9 Å². The van der Waals surface area contributed by atoms with Crippen LogP contribution in [0.2, 0.25) is 0 Å². The molecule has 0 unspecified atom stereocenters. The van der Waals surface area contributed by atoms with E-state index in [1.165, 1.54) is 25.7 Å². The molecule has 1 fully saturated rings. The molecule has 1 aliphatic heterocycles. The lowest BCUT2D eigenvalue weighted by atomic mass is 9.99. The molecule has 2 aromatic rings. The van der Waals surface area contributed by atoms with Crippen molar-refractivity contribution in [1.29, 1.82) is 0 Å². The van der Waals surface area contributed by atoms with E-state index in [0.717, 1.165) is 16.5 Å². The Hall–Kier alpha value is -7.00. The number of aliphatic carboxylic acids is 1. The highest BCUT2D eigenvalue weighted by molar-refractivity contribution is 7.80. The number of aliphatic imine (C=N–C) groups is 1. The predicted molar refractivity (Wildman–Crippen MR) is 303 cm³/mol. The van der Waals surface area contributed by atoms with Crippen molar-refractivity contribution >= 4 is 88.6 Å². The molecule has 80 heavy (non-hydrogen) atoms. The van der Waals surface area contributed by atoms with Crippen LogP contribution >= 0.6 is 12.6 Å². The SMILES string of the molecule is CC(C)C[C@H](NC(=O)[C@H](CC(C)C)NC(=O)[C@@H]1CCCN1C(=O)[C@H](CC(C)C)NC(=O)[C@@H](NC(=O)[C@H](C)NC(=O)[C@@H](N)Cc1c[nH]c2ccccc12)[C@@H](C)O)C(=O)N[C@@H](CS)C(=O)N[C@@H](C)C(=O)N[C@@H](CCCN=C(N)N)C(=O)O. The molecular weight excluding hydrogens is 1060 g/mol. The maximum Gasteiger partial charge on any atom is 0.326 e. The first-order valence-electron chi connectivity index (χ1n) is 27.2. The number of aromatic nitrogens is 1. The van der Waals surface area contributed by atoms with Gasteiger partial charge in [0.2, 0.25) is 53.2 Å². The number of hydrogen-bond donors (Lipinski definition) is 15. The van der Waals surface area contributed by atoms with Gasteiger partial charge in [0.15, 0.2) is 5.96 Å². The zero-order valence-corrected chi connectivity index (χ0v) is 48.2. The summed E-state index contributed by atoms with van der Waals surface area (Å²) in [5.74, 6) is -8.90. The summed E-state index contributed by atoms with van der Waals surface area (Å²) in [6.07, 6.45) is 1.64. The molecule has 26 nitrogen and oxygen atoms in total. The molecule has 0 saturated carbocycles. The topological polar surface area (TPSA) is 417 Å². The maximum atomic E-state index is 14.4. The number of aliphatic hydroxyl groups is 1. The standard InChI is InChI=1S/C53H86N14O12S/c1-26(2)20-37(47(73)65-40(25-80)48(74)60-29(7)43(69)61-36(52(78)79)16-12-18-57-53(55)56)62-46(72)38(21-27(3)4)63-49(75)41-17-13-19-67(41)51(77)39(22-28(5)6)64-50(76)42(31(9)68)66-44(70)30(8)59-45(71)34(54)23-32-24-58-35-15-11-10-14-33(32)35/h10-11,14-15,24,26-31,34,36-42,58,68,80H,12-13,16-23,25,54H2,1-9H3,(H,59,71)(H,60,74)(H,61,69)(H,62,72)(H,63,75)(H,64,76)(H,65,73)(H,66,70)(H,78,79)(H4,55,56,57)/t29-,30-,31+,34-,36-,37-,38-,39-,40-,41-,42-/m0/s1. The van der Waals surface area contributed by atoms with Crippen LogP contribution in [0.4, 0.5) is 0 Å². The first kappa shape index (κ1) is 67.3. The van der Waals surface area contributed by atoms with Crippen molar-refractivity contribution in [3.8, 4) is 0 Å².